The summed E-state index contributed by atoms with van der Waals surface area (Å²) in [4.78, 5) is 15.4. The van der Waals surface area contributed by atoms with E-state index in [4.69, 9.17) is 46.4 Å². The highest BCUT2D eigenvalue weighted by Crippen LogP contribution is 2.42. The summed E-state index contributed by atoms with van der Waals surface area (Å²) in [5.41, 5.74) is 0.804. The molecule has 3 aromatic rings. The van der Waals surface area contributed by atoms with E-state index in [0.29, 0.717) is 36.5 Å². The molecule has 2 aromatic carbocycles. The molecule has 0 aliphatic carbocycles. The normalized spacial score (nSPS) is 18.1. The summed E-state index contributed by atoms with van der Waals surface area (Å²) >= 11 is 26.2. The van der Waals surface area contributed by atoms with Gasteiger partial charge >= 0.3 is 0 Å². The van der Waals surface area contributed by atoms with Crippen LogP contribution in [0.4, 0.5) is 0 Å². The number of benzene rings is 2. The third-order valence-electron chi connectivity index (χ3n) is 5.00. The zero-order chi connectivity index (χ0) is 21.6. The van der Waals surface area contributed by atoms with Gasteiger partial charge < -0.3 is 4.90 Å². The SMILES string of the molecule is O=C(c1sc2cc(Cl)cc(Cl)c2c1Cl)N(Cc1cccc(Cl)c1)C1CCS(=O)(=O)C1. The number of amides is 1. The molecular formula is C20H15Cl4NO3S2. The minimum atomic E-state index is -3.19. The van der Waals surface area contributed by atoms with Crippen molar-refractivity contribution in [2.24, 2.45) is 0 Å². The van der Waals surface area contributed by atoms with Gasteiger partial charge in [0.1, 0.15) is 4.88 Å². The molecule has 0 bridgehead atoms. The van der Waals surface area contributed by atoms with Gasteiger partial charge in [-0.1, -0.05) is 58.5 Å². The molecule has 1 aromatic heterocycles. The second-order valence-electron chi connectivity index (χ2n) is 7.13. The summed E-state index contributed by atoms with van der Waals surface area (Å²) in [7, 11) is -3.19. The third-order valence-corrected chi connectivity index (χ3v) is 9.11. The maximum Gasteiger partial charge on any atom is 0.266 e. The molecule has 0 saturated carbocycles. The van der Waals surface area contributed by atoms with E-state index in [0.717, 1.165) is 5.56 Å². The van der Waals surface area contributed by atoms with Gasteiger partial charge in [0, 0.05) is 32.7 Å². The van der Waals surface area contributed by atoms with E-state index in [2.05, 4.69) is 0 Å². The van der Waals surface area contributed by atoms with Crippen molar-refractivity contribution in [3.63, 3.8) is 0 Å². The topological polar surface area (TPSA) is 54.5 Å². The quantitative estimate of drug-likeness (QED) is 0.401. The highest BCUT2D eigenvalue weighted by atomic mass is 35.5. The Morgan fingerprint density at radius 2 is 1.87 bits per heavy atom. The zero-order valence-corrected chi connectivity index (χ0v) is 20.0. The van der Waals surface area contributed by atoms with E-state index >= 15 is 0 Å². The van der Waals surface area contributed by atoms with E-state index in [-0.39, 0.29) is 29.0 Å². The fourth-order valence-corrected chi connectivity index (χ4v) is 7.87. The average Bonchev–Trinajstić information content (AvgIpc) is 3.18. The van der Waals surface area contributed by atoms with Crippen LogP contribution in [0.25, 0.3) is 10.1 Å². The summed E-state index contributed by atoms with van der Waals surface area (Å²) in [6.45, 7) is 0.221. The molecule has 158 valence electrons. The lowest BCUT2D eigenvalue weighted by Crippen LogP contribution is -2.40. The van der Waals surface area contributed by atoms with Crippen LogP contribution in [-0.2, 0) is 16.4 Å². The first kappa shape index (κ1) is 22.2. The van der Waals surface area contributed by atoms with Gasteiger partial charge in [-0.15, -0.1) is 11.3 Å². The van der Waals surface area contributed by atoms with Crippen LogP contribution >= 0.6 is 57.7 Å². The number of rotatable bonds is 4. The first-order valence-corrected chi connectivity index (χ1v) is 13.1. The van der Waals surface area contributed by atoms with Crippen LogP contribution in [0.2, 0.25) is 20.1 Å². The van der Waals surface area contributed by atoms with E-state index < -0.39 is 15.9 Å². The lowest BCUT2D eigenvalue weighted by atomic mass is 10.1. The molecule has 2 heterocycles. The highest BCUT2D eigenvalue weighted by molar-refractivity contribution is 7.91. The Morgan fingerprint density at radius 3 is 2.53 bits per heavy atom. The van der Waals surface area contributed by atoms with Crippen molar-refractivity contribution in [1.82, 2.24) is 4.90 Å². The van der Waals surface area contributed by atoms with Crippen molar-refractivity contribution in [1.29, 1.82) is 0 Å². The molecule has 10 heteroatoms. The average molecular weight is 523 g/mol. The molecule has 30 heavy (non-hydrogen) atoms. The monoisotopic (exact) mass is 521 g/mol. The van der Waals surface area contributed by atoms with Gasteiger partial charge in [0.2, 0.25) is 0 Å². The number of nitrogens with zero attached hydrogens (tertiary/aromatic N) is 1. The highest BCUT2D eigenvalue weighted by Gasteiger charge is 2.36. The molecule has 0 radical (unpaired) electrons. The largest absolute Gasteiger partial charge is 0.330 e. The molecule has 0 N–H and O–H groups in total. The minimum Gasteiger partial charge on any atom is -0.330 e. The Balaban J connectivity index is 1.76. The molecular weight excluding hydrogens is 508 g/mol. The maximum atomic E-state index is 13.6. The molecule has 1 atom stereocenters. The summed E-state index contributed by atoms with van der Waals surface area (Å²) in [6, 6.07) is 9.98. The van der Waals surface area contributed by atoms with Gasteiger partial charge in [0.05, 0.1) is 21.6 Å². The van der Waals surface area contributed by atoms with Crippen LogP contribution in [0.1, 0.15) is 21.7 Å². The second-order valence-corrected chi connectivity index (χ2v) is 12.1. The van der Waals surface area contributed by atoms with Crippen LogP contribution in [0.5, 0.6) is 0 Å². The summed E-state index contributed by atoms with van der Waals surface area (Å²) in [6.07, 6.45) is 0.379. The second kappa shape index (κ2) is 8.49. The molecule has 4 rings (SSSR count). The van der Waals surface area contributed by atoms with Gasteiger partial charge in [0.15, 0.2) is 9.84 Å². The lowest BCUT2D eigenvalue weighted by Gasteiger charge is -2.28. The number of hydrogen-bond donors (Lipinski definition) is 0. The van der Waals surface area contributed by atoms with E-state index in [1.54, 1.807) is 35.2 Å². The number of sulfone groups is 1. The molecule has 1 amide bonds. The van der Waals surface area contributed by atoms with Crippen molar-refractivity contribution < 1.29 is 13.2 Å². The molecule has 1 aliphatic rings. The van der Waals surface area contributed by atoms with Crippen molar-refractivity contribution >= 4 is 83.6 Å². The Labute approximate surface area is 198 Å². The standard InChI is InChI=1S/C20H15Cl4NO3S2/c21-12-3-1-2-11(6-12)9-25(14-4-5-30(27,28)10-14)20(26)19-18(24)17-15(23)7-13(22)8-16(17)29-19/h1-3,6-8,14H,4-5,9-10H2. The smallest absolute Gasteiger partial charge is 0.266 e. The van der Waals surface area contributed by atoms with Gasteiger partial charge in [-0.3, -0.25) is 4.79 Å². The molecule has 1 unspecified atom stereocenters. The molecule has 1 saturated heterocycles. The summed E-state index contributed by atoms with van der Waals surface area (Å²) in [5.74, 6) is -0.358. The van der Waals surface area contributed by atoms with Crippen LogP contribution < -0.4 is 0 Å². The van der Waals surface area contributed by atoms with Crippen molar-refractivity contribution in [2.45, 2.75) is 19.0 Å². The lowest BCUT2D eigenvalue weighted by molar-refractivity contribution is 0.0686. The number of carbonyl (C=O) groups excluding carboxylic acids is 1. The van der Waals surface area contributed by atoms with Crippen LogP contribution in [-0.4, -0.2) is 36.8 Å². The molecule has 4 nitrogen and oxygen atoms in total. The van der Waals surface area contributed by atoms with Gasteiger partial charge in [0.25, 0.3) is 5.91 Å². The Morgan fingerprint density at radius 1 is 1.10 bits per heavy atom. The predicted octanol–water partition coefficient (Wildman–Crippen LogP) is 6.34. The number of carbonyl (C=O) groups is 1. The van der Waals surface area contributed by atoms with E-state index in [1.807, 2.05) is 6.07 Å². The first-order chi connectivity index (χ1) is 14.1. The Kier molecular flexibility index (Phi) is 6.28. The Bertz CT molecular complexity index is 1260. The van der Waals surface area contributed by atoms with E-state index in [9.17, 15) is 13.2 Å². The number of fused-ring (bicyclic) bond motifs is 1. The fraction of sp³-hybridized carbons (Fsp3) is 0.250. The minimum absolute atomic E-state index is 0.0541. The number of hydrogen-bond acceptors (Lipinski definition) is 4. The third kappa shape index (κ3) is 4.45. The van der Waals surface area contributed by atoms with E-state index in [1.165, 1.54) is 11.3 Å². The molecule has 1 fully saturated rings. The van der Waals surface area contributed by atoms with Gasteiger partial charge in [-0.05, 0) is 36.2 Å². The summed E-state index contributed by atoms with van der Waals surface area (Å²) in [5, 5.41) is 2.17. The van der Waals surface area contributed by atoms with Crippen molar-refractivity contribution in [3.8, 4) is 0 Å². The van der Waals surface area contributed by atoms with Crippen LogP contribution in [0.3, 0.4) is 0 Å². The summed E-state index contributed by atoms with van der Waals surface area (Å²) < 4.78 is 24.9. The molecule has 0 spiro atoms. The molecule has 1 aliphatic heterocycles. The first-order valence-electron chi connectivity index (χ1n) is 8.97. The zero-order valence-electron chi connectivity index (χ0n) is 15.4. The van der Waals surface area contributed by atoms with Gasteiger partial charge in [-0.2, -0.15) is 0 Å². The Hall–Kier alpha value is -1.02. The number of thiophene rings is 1. The van der Waals surface area contributed by atoms with Gasteiger partial charge in [-0.25, -0.2) is 8.42 Å². The fourth-order valence-electron chi connectivity index (χ4n) is 3.60. The maximum absolute atomic E-state index is 13.6. The van der Waals surface area contributed by atoms with Crippen molar-refractivity contribution in [2.75, 3.05) is 11.5 Å². The van der Waals surface area contributed by atoms with Crippen LogP contribution in [0.15, 0.2) is 36.4 Å². The number of halogens is 4. The van der Waals surface area contributed by atoms with Crippen LogP contribution in [0, 0.1) is 0 Å². The predicted molar refractivity (Wildman–Crippen MR) is 125 cm³/mol. The van der Waals surface area contributed by atoms with Crippen molar-refractivity contribution in [3.05, 3.63) is 66.9 Å².